The molecule has 1 atom stereocenters. The van der Waals surface area contributed by atoms with Crippen molar-refractivity contribution in [2.45, 2.75) is 65.4 Å². The second-order valence-corrected chi connectivity index (χ2v) is 7.96. The molecule has 0 aliphatic heterocycles. The van der Waals surface area contributed by atoms with Gasteiger partial charge in [0.05, 0.1) is 30.4 Å². The number of carbonyl (C=O) groups excluding carboxylic acids is 2. The van der Waals surface area contributed by atoms with Gasteiger partial charge in [-0.25, -0.2) is 4.39 Å². The maximum Gasteiger partial charge on any atom is 0.313 e. The fourth-order valence-corrected chi connectivity index (χ4v) is 3.61. The third-order valence-electron chi connectivity index (χ3n) is 5.33. The summed E-state index contributed by atoms with van der Waals surface area (Å²) in [5.41, 5.74) is 4.85. The molecule has 1 fully saturated rings. The van der Waals surface area contributed by atoms with Crippen LogP contribution < -0.4 is 0 Å². The molecule has 0 amide bonds. The molecule has 1 aliphatic carbocycles. The molecule has 1 N–H and O–H groups in total. The summed E-state index contributed by atoms with van der Waals surface area (Å²) < 4.78 is 17.6. The molecule has 1 saturated carbocycles. The molecule has 0 saturated heterocycles. The number of Topliss-reactive ketones (excluding diaryl/α,β-unsaturated/α-hetero) is 1. The lowest BCUT2D eigenvalue weighted by molar-refractivity contribution is -0.145. The van der Waals surface area contributed by atoms with Crippen LogP contribution in [0.2, 0.25) is 0 Å². The third kappa shape index (κ3) is 9.34. The van der Waals surface area contributed by atoms with Crippen LogP contribution in [0.15, 0.2) is 55.9 Å². The van der Waals surface area contributed by atoms with Crippen molar-refractivity contribution in [3.05, 3.63) is 84.0 Å². The Morgan fingerprint density at radius 3 is 2.47 bits per heavy atom. The molecule has 5 nitrogen and oxygen atoms in total. The molecule has 1 aromatic rings. The topological polar surface area (TPSA) is 76.5 Å². The highest BCUT2D eigenvalue weighted by molar-refractivity contribution is 5.96. The van der Waals surface area contributed by atoms with Gasteiger partial charge in [-0.05, 0) is 55.5 Å². The van der Waals surface area contributed by atoms with Crippen LogP contribution in [0.3, 0.4) is 0 Å². The number of hydrogen-bond donors (Lipinski definition) is 1. The van der Waals surface area contributed by atoms with Gasteiger partial charge in [0, 0.05) is 17.9 Å². The van der Waals surface area contributed by atoms with E-state index in [-0.39, 0.29) is 25.4 Å². The molecule has 6 heteroatoms. The largest absolute Gasteiger partial charge is 0.466 e. The molecule has 1 aliphatic rings. The fourth-order valence-electron chi connectivity index (χ4n) is 3.61. The van der Waals surface area contributed by atoms with Gasteiger partial charge in [0.2, 0.25) is 0 Å². The van der Waals surface area contributed by atoms with Gasteiger partial charge in [-0.3, -0.25) is 14.6 Å². The number of carbonyl (C=O) groups is 2. The number of aliphatic hydroxyl groups is 1. The lowest BCUT2D eigenvalue weighted by Crippen LogP contribution is -2.16. The van der Waals surface area contributed by atoms with Gasteiger partial charge in [-0.1, -0.05) is 63.5 Å². The molecule has 0 spiro atoms. The van der Waals surface area contributed by atoms with Crippen LogP contribution in [-0.4, -0.2) is 34.6 Å². The maximum absolute atomic E-state index is 12.8. The number of aliphatic hydroxyl groups excluding tert-OH is 1. The van der Waals surface area contributed by atoms with Gasteiger partial charge in [0.15, 0.2) is 0 Å². The van der Waals surface area contributed by atoms with E-state index in [2.05, 4.69) is 13.2 Å². The van der Waals surface area contributed by atoms with Crippen molar-refractivity contribution in [2.24, 2.45) is 0 Å². The minimum Gasteiger partial charge on any atom is -0.466 e. The normalized spacial score (nSPS) is 14.6. The molecule has 1 unspecified atom stereocenters. The Labute approximate surface area is 214 Å². The Morgan fingerprint density at radius 1 is 1.22 bits per heavy atom. The van der Waals surface area contributed by atoms with Crippen molar-refractivity contribution in [2.75, 3.05) is 6.61 Å². The monoisotopic (exact) mass is 495 g/mol. The summed E-state index contributed by atoms with van der Waals surface area (Å²) in [6, 6.07) is 0. The summed E-state index contributed by atoms with van der Waals surface area (Å²) in [5, 5.41) is 10.4. The zero-order valence-electron chi connectivity index (χ0n) is 21.8. The van der Waals surface area contributed by atoms with Crippen molar-refractivity contribution in [1.29, 1.82) is 0 Å². The Bertz CT molecular complexity index is 1050. The van der Waals surface area contributed by atoms with Crippen molar-refractivity contribution in [3.63, 3.8) is 0 Å². The number of esters is 1. The molecule has 1 heterocycles. The maximum atomic E-state index is 12.8. The summed E-state index contributed by atoms with van der Waals surface area (Å²) in [7, 11) is 0. The Hall–Kier alpha value is -3.38. The minimum absolute atomic E-state index is 0.197. The molecule has 194 valence electrons. The van der Waals surface area contributed by atoms with Crippen molar-refractivity contribution in [1.82, 2.24) is 4.98 Å². The van der Waals surface area contributed by atoms with Gasteiger partial charge in [-0.15, -0.1) is 0 Å². The van der Waals surface area contributed by atoms with Gasteiger partial charge in [0.1, 0.15) is 12.2 Å². The van der Waals surface area contributed by atoms with Crippen LogP contribution in [0.25, 0.3) is 17.7 Å². The van der Waals surface area contributed by atoms with Gasteiger partial charge in [-0.2, -0.15) is 0 Å². The van der Waals surface area contributed by atoms with Crippen LogP contribution in [0.4, 0.5) is 4.39 Å². The molecule has 0 radical (unpaired) electrons. The molecule has 2 rings (SSSR count). The number of hydrogen-bond acceptors (Lipinski definition) is 5. The van der Waals surface area contributed by atoms with E-state index >= 15 is 0 Å². The Kier molecular flexibility index (Phi) is 13.9. The first-order valence-corrected chi connectivity index (χ1v) is 12.3. The number of nitrogens with zero attached hydrogens (tertiary/aromatic N) is 1. The number of aromatic nitrogens is 1. The van der Waals surface area contributed by atoms with Gasteiger partial charge < -0.3 is 9.84 Å². The zero-order chi connectivity index (χ0) is 27.1. The first kappa shape index (κ1) is 30.7. The lowest BCUT2D eigenvalue weighted by Gasteiger charge is -2.18. The van der Waals surface area contributed by atoms with Crippen LogP contribution in [-0.2, 0) is 14.3 Å². The third-order valence-corrected chi connectivity index (χ3v) is 5.33. The van der Waals surface area contributed by atoms with Crippen molar-refractivity contribution < 1.29 is 23.8 Å². The van der Waals surface area contributed by atoms with Gasteiger partial charge in [0.25, 0.3) is 0 Å². The average molecular weight is 496 g/mol. The molecule has 1 aromatic heterocycles. The Morgan fingerprint density at radius 2 is 1.92 bits per heavy atom. The SMILES string of the molecule is C=C/C=C\c1nc(C2CC2)c(/C=C/C(O)CC(=O)CC(=O)OCC)c(/C(C=C)=C/C=C/F)c1C.CC. The smallest absolute Gasteiger partial charge is 0.313 e. The number of pyridine rings is 1. The minimum atomic E-state index is -1.08. The van der Waals surface area contributed by atoms with Crippen LogP contribution in [0, 0.1) is 6.92 Å². The molecule has 36 heavy (non-hydrogen) atoms. The first-order chi connectivity index (χ1) is 17.4. The highest BCUT2D eigenvalue weighted by Gasteiger charge is 2.30. The molecule has 0 aromatic carbocycles. The van der Waals surface area contributed by atoms with E-state index in [0.717, 1.165) is 40.9 Å². The summed E-state index contributed by atoms with van der Waals surface area (Å²) >= 11 is 0. The summed E-state index contributed by atoms with van der Waals surface area (Å²) in [6.07, 6.45) is 14.0. The Balaban J connectivity index is 0.00000316. The van der Waals surface area contributed by atoms with Crippen molar-refractivity contribution >= 4 is 29.5 Å². The summed E-state index contributed by atoms with van der Waals surface area (Å²) in [6.45, 7) is 15.4. The number of ether oxygens (including phenoxy) is 1. The zero-order valence-corrected chi connectivity index (χ0v) is 21.8. The molecule has 0 bridgehead atoms. The van der Waals surface area contributed by atoms with Gasteiger partial charge >= 0.3 is 5.97 Å². The number of halogens is 1. The standard InChI is InChI=1S/C28H32FNO4.C2H6/c1-5-8-11-25-19(4)27(20(6-2)10-9-16-29)24(28(30-25)21-12-13-21)15-14-22(31)17-23(32)18-26(33)34-7-3;1-2/h5-6,8-11,14-16,21-22,31H,1-2,7,12-13,17-18H2,3-4H3;1-2H3/b11-8-,15-14+,16-9+,20-10+;. The van der Waals surface area contributed by atoms with E-state index in [4.69, 9.17) is 9.72 Å². The van der Waals surface area contributed by atoms with Crippen LogP contribution in [0.5, 0.6) is 0 Å². The summed E-state index contributed by atoms with van der Waals surface area (Å²) in [4.78, 5) is 28.5. The van der Waals surface area contributed by atoms with E-state index in [0.29, 0.717) is 11.9 Å². The highest BCUT2D eigenvalue weighted by atomic mass is 19.1. The van der Waals surface area contributed by atoms with E-state index in [9.17, 15) is 19.1 Å². The highest BCUT2D eigenvalue weighted by Crippen LogP contribution is 2.44. The number of allylic oxidation sites excluding steroid dienone is 6. The predicted molar refractivity (Wildman–Crippen MR) is 146 cm³/mol. The van der Waals surface area contributed by atoms with Crippen LogP contribution in [0.1, 0.15) is 80.5 Å². The van der Waals surface area contributed by atoms with Crippen molar-refractivity contribution in [3.8, 4) is 0 Å². The van der Waals surface area contributed by atoms with E-state index in [1.54, 1.807) is 31.2 Å². The summed E-state index contributed by atoms with van der Waals surface area (Å²) in [5.74, 6) is -0.732. The molecular formula is C30H38FNO4. The number of ketones is 1. The quantitative estimate of drug-likeness (QED) is 0.184. The predicted octanol–water partition coefficient (Wildman–Crippen LogP) is 6.83. The fraction of sp³-hybridized carbons (Fsp3) is 0.367. The second-order valence-electron chi connectivity index (χ2n) is 7.96. The van der Waals surface area contributed by atoms with E-state index in [1.165, 1.54) is 12.2 Å². The average Bonchev–Trinajstić information content (AvgIpc) is 3.70. The van der Waals surface area contributed by atoms with E-state index < -0.39 is 17.9 Å². The van der Waals surface area contributed by atoms with Crippen LogP contribution >= 0.6 is 0 Å². The first-order valence-electron chi connectivity index (χ1n) is 12.3. The lowest BCUT2D eigenvalue weighted by atomic mass is 9.90. The van der Waals surface area contributed by atoms with E-state index in [1.807, 2.05) is 32.9 Å². The molecular weight excluding hydrogens is 457 g/mol. The second kappa shape index (κ2) is 16.3. The number of rotatable bonds is 13.